The lowest BCUT2D eigenvalue weighted by molar-refractivity contribution is 0.737. The number of nitrogens with one attached hydrogen (secondary N) is 1. The number of pyridine rings is 1. The van der Waals surface area contributed by atoms with Crippen LogP contribution >= 0.6 is 0 Å². The van der Waals surface area contributed by atoms with Gasteiger partial charge < -0.3 is 5.32 Å². The van der Waals surface area contributed by atoms with Crippen LogP contribution in [0.25, 0.3) is 27.9 Å². The molecule has 144 valence electrons. The summed E-state index contributed by atoms with van der Waals surface area (Å²) in [5, 5.41) is 3.30. The number of nitrogens with zero attached hydrogens (tertiary/aromatic N) is 2. The van der Waals surface area contributed by atoms with E-state index < -0.39 is 0 Å². The van der Waals surface area contributed by atoms with E-state index in [1.54, 1.807) is 0 Å². The minimum absolute atomic E-state index is 0.699. The fraction of sp³-hybridized carbons (Fsp3) is 0.192. The van der Waals surface area contributed by atoms with Gasteiger partial charge in [-0.3, -0.25) is 4.40 Å². The molecule has 2 aromatic heterocycles. The number of imidazole rings is 1. The van der Waals surface area contributed by atoms with Crippen LogP contribution in [-0.2, 0) is 0 Å². The first kappa shape index (κ1) is 19.0. The van der Waals surface area contributed by atoms with Gasteiger partial charge in [0, 0.05) is 6.20 Å². The fourth-order valence-corrected chi connectivity index (χ4v) is 3.58. The third kappa shape index (κ3) is 4.08. The van der Waals surface area contributed by atoms with Gasteiger partial charge in [-0.25, -0.2) is 4.98 Å². The Bertz CT molecular complexity index is 1180. The molecule has 2 heterocycles. The highest BCUT2D eigenvalue weighted by Gasteiger charge is 2.09. The molecule has 0 spiro atoms. The molecule has 0 aliphatic heterocycles. The number of hydrogen-bond acceptors (Lipinski definition) is 2. The minimum Gasteiger partial charge on any atom is -0.306 e. The highest BCUT2D eigenvalue weighted by atomic mass is 15.0. The van der Waals surface area contributed by atoms with Gasteiger partial charge in [0.1, 0.15) is 11.3 Å². The average molecular weight is 380 g/mol. The summed E-state index contributed by atoms with van der Waals surface area (Å²) in [6.45, 7) is 6.03. The second kappa shape index (κ2) is 8.77. The van der Waals surface area contributed by atoms with Crippen molar-refractivity contribution in [3.63, 3.8) is 0 Å². The SMILES string of the molecule is CCCNCC#Cc1cnc2cc(-c3cccc(-c4ccccc4)c3C)ccn12. The third-order valence-electron chi connectivity index (χ3n) is 5.10. The number of hydrogen-bond donors (Lipinski definition) is 1. The second-order valence-corrected chi connectivity index (χ2v) is 7.11. The molecule has 0 unspecified atom stereocenters. The van der Waals surface area contributed by atoms with Gasteiger partial charge >= 0.3 is 0 Å². The maximum absolute atomic E-state index is 4.57. The number of rotatable bonds is 5. The van der Waals surface area contributed by atoms with E-state index in [1.165, 1.54) is 27.8 Å². The molecule has 1 N–H and O–H groups in total. The van der Waals surface area contributed by atoms with Gasteiger partial charge in [-0.05, 0) is 65.8 Å². The highest BCUT2D eigenvalue weighted by molar-refractivity contribution is 5.79. The maximum Gasteiger partial charge on any atom is 0.138 e. The van der Waals surface area contributed by atoms with Crippen LogP contribution in [0.4, 0.5) is 0 Å². The lowest BCUT2D eigenvalue weighted by Gasteiger charge is -2.12. The van der Waals surface area contributed by atoms with E-state index in [-0.39, 0.29) is 0 Å². The van der Waals surface area contributed by atoms with Crippen molar-refractivity contribution in [1.82, 2.24) is 14.7 Å². The van der Waals surface area contributed by atoms with Crippen LogP contribution < -0.4 is 5.32 Å². The van der Waals surface area contributed by atoms with Crippen molar-refractivity contribution in [2.75, 3.05) is 13.1 Å². The molecule has 0 aliphatic carbocycles. The Kier molecular flexibility index (Phi) is 5.74. The van der Waals surface area contributed by atoms with Crippen molar-refractivity contribution < 1.29 is 0 Å². The Balaban J connectivity index is 1.66. The standard InChI is InChI=1S/C26H25N3/c1-3-15-27-16-8-11-23-19-28-26-18-22(14-17-29(23)26)25-13-7-12-24(20(25)2)21-9-5-4-6-10-21/h4-7,9-10,12-14,17-19,27H,3,15-16H2,1-2H3. The molecule has 4 rings (SSSR count). The Labute approximate surface area is 172 Å². The Hall–Kier alpha value is -3.35. The van der Waals surface area contributed by atoms with Crippen molar-refractivity contribution in [1.29, 1.82) is 0 Å². The Morgan fingerprint density at radius 2 is 1.76 bits per heavy atom. The van der Waals surface area contributed by atoms with Gasteiger partial charge in [0.2, 0.25) is 0 Å². The Morgan fingerprint density at radius 1 is 0.966 bits per heavy atom. The van der Waals surface area contributed by atoms with E-state index >= 15 is 0 Å². The first-order chi connectivity index (χ1) is 14.3. The summed E-state index contributed by atoms with van der Waals surface area (Å²) in [6.07, 6.45) is 5.03. The number of fused-ring (bicyclic) bond motifs is 1. The zero-order chi connectivity index (χ0) is 20.1. The summed E-state index contributed by atoms with van der Waals surface area (Å²) < 4.78 is 2.05. The van der Waals surface area contributed by atoms with E-state index in [4.69, 9.17) is 0 Å². The lowest BCUT2D eigenvalue weighted by atomic mass is 9.93. The van der Waals surface area contributed by atoms with Crippen molar-refractivity contribution in [2.45, 2.75) is 20.3 Å². The van der Waals surface area contributed by atoms with Gasteiger partial charge in [-0.15, -0.1) is 0 Å². The highest BCUT2D eigenvalue weighted by Crippen LogP contribution is 2.32. The molecular formula is C26H25N3. The molecule has 0 fully saturated rings. The predicted molar refractivity (Wildman–Crippen MR) is 121 cm³/mol. The third-order valence-corrected chi connectivity index (χ3v) is 5.10. The monoisotopic (exact) mass is 379 g/mol. The molecule has 29 heavy (non-hydrogen) atoms. The number of aromatic nitrogens is 2. The van der Waals surface area contributed by atoms with E-state index in [9.17, 15) is 0 Å². The first-order valence-electron chi connectivity index (χ1n) is 10.1. The summed E-state index contributed by atoms with van der Waals surface area (Å²) in [5.41, 5.74) is 8.00. The van der Waals surface area contributed by atoms with Crippen molar-refractivity contribution in [2.24, 2.45) is 0 Å². The van der Waals surface area contributed by atoms with Crippen LogP contribution in [0, 0.1) is 18.8 Å². The molecular weight excluding hydrogens is 354 g/mol. The molecule has 0 bridgehead atoms. The summed E-state index contributed by atoms with van der Waals surface area (Å²) in [7, 11) is 0. The quantitative estimate of drug-likeness (QED) is 0.375. The van der Waals surface area contributed by atoms with Crippen LogP contribution in [0.2, 0.25) is 0 Å². The van der Waals surface area contributed by atoms with Gasteiger partial charge in [-0.1, -0.05) is 61.4 Å². The largest absolute Gasteiger partial charge is 0.306 e. The van der Waals surface area contributed by atoms with Crippen LogP contribution in [0.3, 0.4) is 0 Å². The topological polar surface area (TPSA) is 29.3 Å². The molecule has 0 amide bonds. The fourth-order valence-electron chi connectivity index (χ4n) is 3.58. The normalized spacial score (nSPS) is 10.7. The molecule has 0 radical (unpaired) electrons. The van der Waals surface area contributed by atoms with Crippen molar-refractivity contribution in [3.8, 4) is 34.1 Å². The van der Waals surface area contributed by atoms with Gasteiger partial charge in [0.25, 0.3) is 0 Å². The molecule has 2 aromatic carbocycles. The smallest absolute Gasteiger partial charge is 0.138 e. The zero-order valence-electron chi connectivity index (χ0n) is 16.9. The van der Waals surface area contributed by atoms with Crippen LogP contribution in [0.15, 0.2) is 73.1 Å². The zero-order valence-corrected chi connectivity index (χ0v) is 16.9. The molecule has 3 heteroatoms. The van der Waals surface area contributed by atoms with Gasteiger partial charge in [0.15, 0.2) is 0 Å². The van der Waals surface area contributed by atoms with E-state index in [2.05, 4.69) is 103 Å². The maximum atomic E-state index is 4.57. The molecule has 0 aliphatic rings. The molecule has 0 atom stereocenters. The molecule has 3 nitrogen and oxygen atoms in total. The van der Waals surface area contributed by atoms with Gasteiger partial charge in [-0.2, -0.15) is 0 Å². The average Bonchev–Trinajstić information content (AvgIpc) is 3.16. The Morgan fingerprint density at radius 3 is 2.55 bits per heavy atom. The van der Waals surface area contributed by atoms with Crippen LogP contribution in [0.1, 0.15) is 24.6 Å². The minimum atomic E-state index is 0.699. The summed E-state index contributed by atoms with van der Waals surface area (Å²) in [6, 6.07) is 21.3. The van der Waals surface area contributed by atoms with E-state index in [0.717, 1.165) is 24.3 Å². The van der Waals surface area contributed by atoms with Crippen LogP contribution in [0.5, 0.6) is 0 Å². The lowest BCUT2D eigenvalue weighted by Crippen LogP contribution is -2.14. The molecule has 0 saturated carbocycles. The van der Waals surface area contributed by atoms with Crippen molar-refractivity contribution >= 4 is 5.65 Å². The van der Waals surface area contributed by atoms with E-state index in [1.807, 2.05) is 10.6 Å². The summed E-state index contributed by atoms with van der Waals surface area (Å²) in [5.74, 6) is 6.39. The number of benzene rings is 2. The van der Waals surface area contributed by atoms with Gasteiger partial charge in [0.05, 0.1) is 12.7 Å². The molecule has 0 saturated heterocycles. The summed E-state index contributed by atoms with van der Waals surface area (Å²) >= 11 is 0. The predicted octanol–water partition coefficient (Wildman–Crippen LogP) is 5.33. The second-order valence-electron chi connectivity index (χ2n) is 7.11. The summed E-state index contributed by atoms with van der Waals surface area (Å²) in [4.78, 5) is 4.57. The molecule has 4 aromatic rings. The van der Waals surface area contributed by atoms with E-state index in [0.29, 0.717) is 6.54 Å². The van der Waals surface area contributed by atoms with Crippen LogP contribution in [-0.4, -0.2) is 22.5 Å². The van der Waals surface area contributed by atoms with Crippen molar-refractivity contribution in [3.05, 3.63) is 84.3 Å². The first-order valence-corrected chi connectivity index (χ1v) is 10.1.